The molecular weight excluding hydrogens is 224 g/mol. The number of hydrogen-bond acceptors (Lipinski definition) is 4. The number of aromatic nitrogens is 2. The second-order valence-corrected chi connectivity index (χ2v) is 5.07. The van der Waals surface area contributed by atoms with Gasteiger partial charge in [-0.15, -0.1) is 11.8 Å². The Morgan fingerprint density at radius 3 is 3.06 bits per heavy atom. The van der Waals surface area contributed by atoms with Crippen LogP contribution in [0.5, 0.6) is 0 Å². The average Bonchev–Trinajstić information content (AvgIpc) is 2.81. The van der Waals surface area contributed by atoms with E-state index in [1.165, 1.54) is 0 Å². The quantitative estimate of drug-likeness (QED) is 0.729. The van der Waals surface area contributed by atoms with Crippen molar-refractivity contribution in [1.29, 1.82) is 0 Å². The van der Waals surface area contributed by atoms with E-state index in [1.807, 2.05) is 0 Å². The van der Waals surface area contributed by atoms with Crippen molar-refractivity contribution in [2.75, 3.05) is 24.2 Å². The van der Waals surface area contributed by atoms with Gasteiger partial charge in [0.05, 0.1) is 11.9 Å². The first-order valence-electron chi connectivity index (χ1n) is 5.46. The zero-order valence-electron chi connectivity index (χ0n) is 9.03. The van der Waals surface area contributed by atoms with Crippen LogP contribution >= 0.6 is 11.8 Å². The molecule has 0 aromatic carbocycles. The van der Waals surface area contributed by atoms with Gasteiger partial charge in [0.1, 0.15) is 5.82 Å². The van der Waals surface area contributed by atoms with Crippen LogP contribution in [0.25, 0.3) is 0 Å². The van der Waals surface area contributed by atoms with Crippen LogP contribution in [0.4, 0.5) is 5.82 Å². The molecule has 5 nitrogen and oxygen atoms in total. The second kappa shape index (κ2) is 5.91. The van der Waals surface area contributed by atoms with E-state index in [0.717, 1.165) is 25.9 Å². The standard InChI is InChI=1S/C10H16N4OS/c15-10(13-9-3-6-12-14-9)7-16-8-1-4-11-5-2-8/h3,6,8,11H,1-2,4-5,7H2,(H2,12,13,14,15). The largest absolute Gasteiger partial charge is 0.317 e. The zero-order chi connectivity index (χ0) is 11.2. The molecule has 1 aliphatic rings. The molecule has 0 unspecified atom stereocenters. The van der Waals surface area contributed by atoms with Crippen molar-refractivity contribution in [2.45, 2.75) is 18.1 Å². The lowest BCUT2D eigenvalue weighted by Crippen LogP contribution is -2.30. The lowest BCUT2D eigenvalue weighted by atomic mass is 10.2. The monoisotopic (exact) mass is 240 g/mol. The highest BCUT2D eigenvalue weighted by Gasteiger charge is 2.14. The number of anilines is 1. The summed E-state index contributed by atoms with van der Waals surface area (Å²) in [7, 11) is 0. The van der Waals surface area contributed by atoms with Crippen LogP contribution in [-0.4, -0.2) is 40.2 Å². The summed E-state index contributed by atoms with van der Waals surface area (Å²) in [6.45, 7) is 2.14. The molecule has 1 aromatic heterocycles. The molecule has 1 amide bonds. The Labute approximate surface area is 98.8 Å². The molecule has 0 bridgehead atoms. The van der Waals surface area contributed by atoms with Crippen LogP contribution in [0, 0.1) is 0 Å². The molecule has 2 heterocycles. The maximum atomic E-state index is 11.6. The van der Waals surface area contributed by atoms with Crippen molar-refractivity contribution in [3.8, 4) is 0 Å². The third-order valence-electron chi connectivity index (χ3n) is 2.51. The Hall–Kier alpha value is -1.01. The van der Waals surface area contributed by atoms with Gasteiger partial charge in [-0.2, -0.15) is 5.10 Å². The number of thioether (sulfide) groups is 1. The Balaban J connectivity index is 1.67. The van der Waals surface area contributed by atoms with E-state index >= 15 is 0 Å². The summed E-state index contributed by atoms with van der Waals surface area (Å²) in [5.41, 5.74) is 0. The molecule has 2 rings (SSSR count). The normalized spacial score (nSPS) is 17.2. The number of carbonyl (C=O) groups is 1. The number of piperidine rings is 1. The van der Waals surface area contributed by atoms with Crippen molar-refractivity contribution in [3.05, 3.63) is 12.3 Å². The molecule has 88 valence electrons. The Morgan fingerprint density at radius 2 is 2.38 bits per heavy atom. The van der Waals surface area contributed by atoms with Gasteiger partial charge in [-0.3, -0.25) is 9.89 Å². The molecule has 6 heteroatoms. The van der Waals surface area contributed by atoms with Gasteiger partial charge in [0.2, 0.25) is 5.91 Å². The predicted molar refractivity (Wildman–Crippen MR) is 65.6 cm³/mol. The molecule has 1 fully saturated rings. The molecular formula is C10H16N4OS. The third kappa shape index (κ3) is 3.53. The Kier molecular flexibility index (Phi) is 4.24. The van der Waals surface area contributed by atoms with Crippen LogP contribution in [0.2, 0.25) is 0 Å². The highest BCUT2D eigenvalue weighted by Crippen LogP contribution is 2.19. The summed E-state index contributed by atoms with van der Waals surface area (Å²) < 4.78 is 0. The number of hydrogen-bond donors (Lipinski definition) is 3. The van der Waals surface area contributed by atoms with Gasteiger partial charge in [-0.05, 0) is 25.9 Å². The smallest absolute Gasteiger partial charge is 0.235 e. The van der Waals surface area contributed by atoms with Crippen LogP contribution < -0.4 is 10.6 Å². The van der Waals surface area contributed by atoms with E-state index in [4.69, 9.17) is 0 Å². The molecule has 3 N–H and O–H groups in total. The first-order chi connectivity index (χ1) is 7.84. The minimum Gasteiger partial charge on any atom is -0.317 e. The molecule has 0 atom stereocenters. The number of H-pyrrole nitrogens is 1. The number of amides is 1. The minimum atomic E-state index is 0.0350. The number of rotatable bonds is 4. The van der Waals surface area contributed by atoms with Gasteiger partial charge in [0.25, 0.3) is 0 Å². The number of carbonyl (C=O) groups excluding carboxylic acids is 1. The first kappa shape index (κ1) is 11.5. The summed E-state index contributed by atoms with van der Waals surface area (Å²) >= 11 is 1.74. The number of nitrogens with zero attached hydrogens (tertiary/aromatic N) is 1. The summed E-state index contributed by atoms with van der Waals surface area (Å²) in [5, 5.41) is 13.2. The van der Waals surface area contributed by atoms with Crippen LogP contribution in [0.3, 0.4) is 0 Å². The molecule has 1 aromatic rings. The van der Waals surface area contributed by atoms with Gasteiger partial charge >= 0.3 is 0 Å². The van der Waals surface area contributed by atoms with Crippen molar-refractivity contribution >= 4 is 23.5 Å². The predicted octanol–water partition coefficient (Wildman–Crippen LogP) is 0.833. The van der Waals surface area contributed by atoms with Crippen molar-refractivity contribution in [1.82, 2.24) is 15.5 Å². The molecule has 1 saturated heterocycles. The highest BCUT2D eigenvalue weighted by atomic mass is 32.2. The van der Waals surface area contributed by atoms with Crippen molar-refractivity contribution in [2.24, 2.45) is 0 Å². The van der Waals surface area contributed by atoms with Gasteiger partial charge in [-0.25, -0.2) is 0 Å². The van der Waals surface area contributed by atoms with Crippen LogP contribution in [-0.2, 0) is 4.79 Å². The summed E-state index contributed by atoms with van der Waals surface area (Å²) in [6, 6.07) is 1.74. The fraction of sp³-hybridized carbons (Fsp3) is 0.600. The third-order valence-corrected chi connectivity index (χ3v) is 3.88. The molecule has 0 saturated carbocycles. The average molecular weight is 240 g/mol. The van der Waals surface area contributed by atoms with Crippen molar-refractivity contribution in [3.63, 3.8) is 0 Å². The fourth-order valence-electron chi connectivity index (χ4n) is 1.67. The molecule has 0 spiro atoms. The molecule has 0 aliphatic carbocycles. The van der Waals surface area contributed by atoms with Gasteiger partial charge in [0.15, 0.2) is 0 Å². The summed E-state index contributed by atoms with van der Waals surface area (Å²) in [6.07, 6.45) is 3.93. The fourth-order valence-corrected chi connectivity index (χ4v) is 2.70. The maximum Gasteiger partial charge on any atom is 0.235 e. The van der Waals surface area contributed by atoms with Crippen LogP contribution in [0.15, 0.2) is 12.3 Å². The summed E-state index contributed by atoms with van der Waals surface area (Å²) in [4.78, 5) is 11.6. The van der Waals surface area contributed by atoms with E-state index < -0.39 is 0 Å². The lowest BCUT2D eigenvalue weighted by Gasteiger charge is -2.21. The van der Waals surface area contributed by atoms with Crippen LogP contribution in [0.1, 0.15) is 12.8 Å². The van der Waals surface area contributed by atoms with E-state index in [9.17, 15) is 4.79 Å². The van der Waals surface area contributed by atoms with Crippen molar-refractivity contribution < 1.29 is 4.79 Å². The van der Waals surface area contributed by atoms with Gasteiger partial charge in [-0.1, -0.05) is 0 Å². The minimum absolute atomic E-state index is 0.0350. The SMILES string of the molecule is O=C(CSC1CCNCC1)Nc1ccn[nH]1. The lowest BCUT2D eigenvalue weighted by molar-refractivity contribution is -0.113. The summed E-state index contributed by atoms with van der Waals surface area (Å²) in [5.74, 6) is 1.22. The highest BCUT2D eigenvalue weighted by molar-refractivity contribution is 8.00. The molecule has 16 heavy (non-hydrogen) atoms. The zero-order valence-corrected chi connectivity index (χ0v) is 9.85. The van der Waals surface area contributed by atoms with E-state index in [2.05, 4.69) is 20.8 Å². The number of nitrogens with one attached hydrogen (secondary N) is 3. The molecule has 0 radical (unpaired) electrons. The van der Waals surface area contributed by atoms with E-state index in [1.54, 1.807) is 24.0 Å². The number of aromatic amines is 1. The second-order valence-electron chi connectivity index (χ2n) is 3.78. The Bertz CT molecular complexity index is 322. The van der Waals surface area contributed by atoms with Gasteiger partial charge in [0, 0.05) is 11.3 Å². The van der Waals surface area contributed by atoms with E-state index in [0.29, 0.717) is 16.8 Å². The van der Waals surface area contributed by atoms with E-state index in [-0.39, 0.29) is 5.91 Å². The molecule has 1 aliphatic heterocycles. The van der Waals surface area contributed by atoms with Gasteiger partial charge < -0.3 is 10.6 Å². The maximum absolute atomic E-state index is 11.6. The Morgan fingerprint density at radius 1 is 1.56 bits per heavy atom. The first-order valence-corrected chi connectivity index (χ1v) is 6.51. The topological polar surface area (TPSA) is 69.8 Å².